The molecule has 2 aliphatic heterocycles. The molecule has 1 aromatic carbocycles. The summed E-state index contributed by atoms with van der Waals surface area (Å²) in [5, 5.41) is 8.92. The average Bonchev–Trinajstić information content (AvgIpc) is 2.85. The number of nitrogens with zero attached hydrogens (tertiary/aromatic N) is 3. The Morgan fingerprint density at radius 2 is 2.04 bits per heavy atom. The molecule has 0 unspecified atom stereocenters. The Hall–Kier alpha value is -2.52. The molecular weight excluding hydrogens is 373 g/mol. The van der Waals surface area contributed by atoms with Crippen LogP contribution in [0.1, 0.15) is 21.6 Å². The minimum absolute atomic E-state index is 0. The number of fused-ring (bicyclic) bond motifs is 1. The molecule has 2 heterocycles. The van der Waals surface area contributed by atoms with Gasteiger partial charge in [-0.15, -0.1) is 17.0 Å². The van der Waals surface area contributed by atoms with E-state index in [1.165, 1.54) is 16.8 Å². The predicted molar refractivity (Wildman–Crippen MR) is 94.0 cm³/mol. The van der Waals surface area contributed by atoms with Gasteiger partial charge in [0.1, 0.15) is 11.6 Å². The normalized spacial score (nSPS) is 10.2. The van der Waals surface area contributed by atoms with E-state index < -0.39 is 5.82 Å². The van der Waals surface area contributed by atoms with Crippen molar-refractivity contribution in [2.75, 3.05) is 0 Å². The molecule has 1 aromatic rings. The number of hydrogen-bond donors (Lipinski definition) is 0. The Balaban J connectivity index is 0.00000208. The zero-order chi connectivity index (χ0) is 16.4. The lowest BCUT2D eigenvalue weighted by molar-refractivity contribution is 0.0972. The van der Waals surface area contributed by atoms with E-state index in [0.29, 0.717) is 28.2 Å². The van der Waals surface area contributed by atoms with E-state index in [0.717, 1.165) is 0 Å². The monoisotopic (exact) mass is 387 g/mol. The zero-order valence-electron chi connectivity index (χ0n) is 13.0. The minimum atomic E-state index is -0.454. The van der Waals surface area contributed by atoms with Crippen LogP contribution < -0.4 is 0 Å². The van der Waals surface area contributed by atoms with E-state index in [2.05, 4.69) is 11.1 Å². The molecule has 0 aliphatic carbocycles. The van der Waals surface area contributed by atoms with Crippen LogP contribution in [-0.4, -0.2) is 15.3 Å². The van der Waals surface area contributed by atoms with Gasteiger partial charge in [-0.3, -0.25) is 4.79 Å². The Kier molecular flexibility index (Phi) is 5.47. The van der Waals surface area contributed by atoms with Gasteiger partial charge in [0.05, 0.1) is 19.0 Å². The van der Waals surface area contributed by atoms with Crippen LogP contribution in [0, 0.1) is 24.1 Å². The molecule has 122 valence electrons. The second-order valence-corrected chi connectivity index (χ2v) is 5.32. The number of hydrogen-bond acceptors (Lipinski definition) is 3. The fraction of sp³-hybridized carbons (Fsp3) is 0.167. The summed E-state index contributed by atoms with van der Waals surface area (Å²) in [7, 11) is 0. The van der Waals surface area contributed by atoms with Crippen LogP contribution >= 0.6 is 17.0 Å². The van der Waals surface area contributed by atoms with Gasteiger partial charge in [-0.05, 0) is 18.6 Å². The first-order chi connectivity index (χ1) is 11.1. The third-order valence-electron chi connectivity index (χ3n) is 3.78. The van der Waals surface area contributed by atoms with E-state index >= 15 is 0 Å². The van der Waals surface area contributed by atoms with E-state index in [4.69, 9.17) is 5.26 Å². The summed E-state index contributed by atoms with van der Waals surface area (Å²) in [4.78, 5) is 16.8. The zero-order valence-corrected chi connectivity index (χ0v) is 14.7. The molecule has 0 amide bonds. The van der Waals surface area contributed by atoms with Gasteiger partial charge in [-0.1, -0.05) is 30.3 Å². The molecule has 0 saturated carbocycles. The Labute approximate surface area is 149 Å². The van der Waals surface area contributed by atoms with Crippen LogP contribution in [0.5, 0.6) is 0 Å². The standard InChI is InChI=1S/C18H14FN3O.BrH/c1-12-15(7-8-20)16-9-14(19)10-22(18(16)21-12)11-17(23)13-5-3-2-4-6-13;/h2-6,9-10H,7,11H2,1H3;1H. The first kappa shape index (κ1) is 17.8. The lowest BCUT2D eigenvalue weighted by Crippen LogP contribution is -2.13. The van der Waals surface area contributed by atoms with E-state index in [9.17, 15) is 9.18 Å². The molecule has 0 aromatic heterocycles. The number of nitriles is 1. The van der Waals surface area contributed by atoms with Gasteiger partial charge >= 0.3 is 0 Å². The molecule has 0 N–H and O–H groups in total. The van der Waals surface area contributed by atoms with Crippen LogP contribution in [0.4, 0.5) is 4.39 Å². The molecule has 6 heteroatoms. The maximum Gasteiger partial charge on any atom is 0.182 e. The third-order valence-corrected chi connectivity index (χ3v) is 3.78. The third kappa shape index (κ3) is 3.36. The molecule has 3 rings (SSSR count). The van der Waals surface area contributed by atoms with E-state index in [1.807, 2.05) is 6.07 Å². The van der Waals surface area contributed by atoms with Gasteiger partial charge in [0, 0.05) is 23.0 Å². The summed E-state index contributed by atoms with van der Waals surface area (Å²) in [5.74, 6) is -0.0478. The number of ketones is 1. The molecule has 4 nitrogen and oxygen atoms in total. The second kappa shape index (κ2) is 7.37. The van der Waals surface area contributed by atoms with Crippen LogP contribution in [0.2, 0.25) is 0 Å². The maximum atomic E-state index is 13.9. The largest absolute Gasteiger partial charge is 0.322 e. The summed E-state index contributed by atoms with van der Waals surface area (Å²) in [6, 6.07) is 12.3. The van der Waals surface area contributed by atoms with Crippen molar-refractivity contribution in [1.29, 1.82) is 5.26 Å². The van der Waals surface area contributed by atoms with E-state index in [1.54, 1.807) is 31.2 Å². The highest BCUT2D eigenvalue weighted by Crippen LogP contribution is 2.29. The van der Waals surface area contributed by atoms with Crippen LogP contribution in [0.25, 0.3) is 11.4 Å². The Morgan fingerprint density at radius 3 is 2.71 bits per heavy atom. The van der Waals surface area contributed by atoms with Crippen LogP contribution in [-0.2, 0) is 13.0 Å². The van der Waals surface area contributed by atoms with Crippen molar-refractivity contribution >= 4 is 22.8 Å². The summed E-state index contributed by atoms with van der Waals surface area (Å²) < 4.78 is 15.4. The molecular formula is C18H15BrFN3O. The summed E-state index contributed by atoms with van der Waals surface area (Å²) in [6.07, 6.45) is 1.43. The number of carbonyl (C=O) groups excluding carboxylic acids is 1. The van der Waals surface area contributed by atoms with Crippen molar-refractivity contribution in [3.05, 3.63) is 65.2 Å². The van der Waals surface area contributed by atoms with Gasteiger partial charge in [0.25, 0.3) is 0 Å². The molecule has 24 heavy (non-hydrogen) atoms. The summed E-state index contributed by atoms with van der Waals surface area (Å²) in [6.45, 7) is 1.79. The Morgan fingerprint density at radius 1 is 1.33 bits per heavy atom. The topological polar surface area (TPSA) is 58.7 Å². The number of aryl methyl sites for hydroxylation is 1. The molecule has 0 spiro atoms. The number of pyridine rings is 1. The van der Waals surface area contributed by atoms with Gasteiger partial charge < -0.3 is 4.57 Å². The van der Waals surface area contributed by atoms with Crippen LogP contribution in [0.15, 0.2) is 42.6 Å². The van der Waals surface area contributed by atoms with Gasteiger partial charge in [0.2, 0.25) is 0 Å². The van der Waals surface area contributed by atoms with Gasteiger partial charge in [0.15, 0.2) is 5.78 Å². The van der Waals surface area contributed by atoms with Crippen molar-refractivity contribution < 1.29 is 9.18 Å². The fourth-order valence-corrected chi connectivity index (χ4v) is 2.66. The molecule has 2 aliphatic rings. The highest BCUT2D eigenvalue weighted by atomic mass is 79.9. The lowest BCUT2D eigenvalue weighted by atomic mass is 10.1. The van der Waals surface area contributed by atoms with Crippen LogP contribution in [0.3, 0.4) is 0 Å². The highest BCUT2D eigenvalue weighted by Gasteiger charge is 2.20. The summed E-state index contributed by atoms with van der Waals surface area (Å²) in [5.41, 5.74) is 2.55. The fourth-order valence-electron chi connectivity index (χ4n) is 2.66. The van der Waals surface area contributed by atoms with E-state index in [-0.39, 0.29) is 35.7 Å². The molecule has 0 bridgehead atoms. The maximum absolute atomic E-state index is 13.9. The SMILES string of the molecule is Br.Cc1nc2n(CC(=O)c3ccccc3)cc(F)cc-2c1CC#N. The first-order valence-electron chi connectivity index (χ1n) is 7.20. The smallest absolute Gasteiger partial charge is 0.182 e. The van der Waals surface area contributed by atoms with Crippen molar-refractivity contribution in [2.24, 2.45) is 0 Å². The van der Waals surface area contributed by atoms with Crippen molar-refractivity contribution in [3.63, 3.8) is 0 Å². The quantitative estimate of drug-likeness (QED) is 0.636. The first-order valence-corrected chi connectivity index (χ1v) is 7.20. The van der Waals surface area contributed by atoms with Crippen molar-refractivity contribution in [2.45, 2.75) is 19.9 Å². The predicted octanol–water partition coefficient (Wildman–Crippen LogP) is 3.96. The number of rotatable bonds is 4. The highest BCUT2D eigenvalue weighted by molar-refractivity contribution is 8.93. The molecule has 0 atom stereocenters. The van der Waals surface area contributed by atoms with Crippen molar-refractivity contribution in [1.82, 2.24) is 9.55 Å². The minimum Gasteiger partial charge on any atom is -0.322 e. The Bertz CT molecular complexity index is 883. The number of Topliss-reactive ketones (excluding diaryl/α,β-unsaturated/α-hetero) is 1. The number of halogens is 2. The van der Waals surface area contributed by atoms with Crippen molar-refractivity contribution in [3.8, 4) is 17.5 Å². The molecule has 0 radical (unpaired) electrons. The average molecular weight is 388 g/mol. The molecule has 0 fully saturated rings. The van der Waals surface area contributed by atoms with Gasteiger partial charge in [-0.2, -0.15) is 5.26 Å². The lowest BCUT2D eigenvalue weighted by Gasteiger charge is -2.12. The summed E-state index contributed by atoms with van der Waals surface area (Å²) >= 11 is 0. The number of aromatic nitrogens is 2. The number of carbonyl (C=O) groups is 1. The second-order valence-electron chi connectivity index (χ2n) is 5.32. The molecule has 0 saturated heterocycles. The number of benzene rings is 1. The van der Waals surface area contributed by atoms with Gasteiger partial charge in [-0.25, -0.2) is 9.37 Å².